The summed E-state index contributed by atoms with van der Waals surface area (Å²) in [5, 5.41) is 4.39. The lowest BCUT2D eigenvalue weighted by Gasteiger charge is -2.14. The molecule has 184 valence electrons. The van der Waals surface area contributed by atoms with E-state index in [1.54, 1.807) is 30.5 Å². The van der Waals surface area contributed by atoms with E-state index in [-0.39, 0.29) is 10.9 Å². The Labute approximate surface area is 215 Å². The first-order valence-electron chi connectivity index (χ1n) is 12.2. The van der Waals surface area contributed by atoms with Crippen LogP contribution in [-0.2, 0) is 16.6 Å². The predicted molar refractivity (Wildman–Crippen MR) is 145 cm³/mol. The molecule has 0 unspecified atom stereocenters. The first-order chi connectivity index (χ1) is 18.1. The molecule has 3 aromatic carbocycles. The van der Waals surface area contributed by atoms with Crippen LogP contribution in [0.4, 0.5) is 5.82 Å². The Bertz CT molecular complexity index is 1650. The van der Waals surface area contributed by atoms with Crippen LogP contribution < -0.4 is 10.0 Å². The second-order valence-corrected chi connectivity index (χ2v) is 10.8. The van der Waals surface area contributed by atoms with E-state index in [4.69, 9.17) is 9.97 Å². The fourth-order valence-electron chi connectivity index (χ4n) is 4.25. The molecule has 2 N–H and O–H groups in total. The zero-order valence-corrected chi connectivity index (χ0v) is 20.8. The number of hydrogen-bond acceptors (Lipinski definition) is 6. The van der Waals surface area contributed by atoms with Crippen molar-refractivity contribution in [2.45, 2.75) is 30.3 Å². The average Bonchev–Trinajstić information content (AvgIpc) is 3.75. The summed E-state index contributed by atoms with van der Waals surface area (Å²) in [6.45, 7) is 0.500. The number of nitrogens with zero attached hydrogens (tertiary/aromatic N) is 3. The van der Waals surface area contributed by atoms with Gasteiger partial charge in [0.1, 0.15) is 5.82 Å². The van der Waals surface area contributed by atoms with E-state index < -0.39 is 10.0 Å². The lowest BCUT2D eigenvalue weighted by Crippen LogP contribution is -2.25. The molecule has 2 heterocycles. The monoisotopic (exact) mass is 507 g/mol. The summed E-state index contributed by atoms with van der Waals surface area (Å²) in [7, 11) is -3.52. The summed E-state index contributed by atoms with van der Waals surface area (Å²) < 4.78 is 27.9. The van der Waals surface area contributed by atoms with Crippen LogP contribution in [-0.4, -0.2) is 29.4 Å². The molecule has 6 rings (SSSR count). The Morgan fingerprint density at radius 2 is 1.57 bits per heavy atom. The van der Waals surface area contributed by atoms with Crippen LogP contribution in [0.3, 0.4) is 0 Å². The van der Waals surface area contributed by atoms with E-state index in [9.17, 15) is 8.42 Å². The van der Waals surface area contributed by atoms with Gasteiger partial charge in [0, 0.05) is 17.8 Å². The van der Waals surface area contributed by atoms with Crippen LogP contribution in [0.1, 0.15) is 18.5 Å². The summed E-state index contributed by atoms with van der Waals surface area (Å²) in [5.41, 5.74) is 4.52. The summed E-state index contributed by atoms with van der Waals surface area (Å²) in [6.07, 6.45) is 3.55. The highest BCUT2D eigenvalue weighted by Crippen LogP contribution is 2.34. The molecule has 1 fully saturated rings. The molecular weight excluding hydrogens is 482 g/mol. The van der Waals surface area contributed by atoms with E-state index in [0.717, 1.165) is 46.1 Å². The van der Waals surface area contributed by atoms with Crippen LogP contribution in [0.25, 0.3) is 33.4 Å². The third kappa shape index (κ3) is 5.07. The number of benzene rings is 3. The van der Waals surface area contributed by atoms with Gasteiger partial charge in [-0.2, -0.15) is 0 Å². The maximum atomic E-state index is 12.6. The van der Waals surface area contributed by atoms with Gasteiger partial charge < -0.3 is 5.32 Å². The van der Waals surface area contributed by atoms with Crippen molar-refractivity contribution in [1.29, 1.82) is 0 Å². The number of sulfonamides is 1. The van der Waals surface area contributed by atoms with Gasteiger partial charge in [0.15, 0.2) is 5.82 Å². The van der Waals surface area contributed by atoms with Gasteiger partial charge in [-0.05, 0) is 66.4 Å². The van der Waals surface area contributed by atoms with Crippen LogP contribution in [0, 0.1) is 0 Å². The second-order valence-electron chi connectivity index (χ2n) is 9.06. The van der Waals surface area contributed by atoms with Gasteiger partial charge in [-0.1, -0.05) is 48.5 Å². The van der Waals surface area contributed by atoms with Crippen molar-refractivity contribution in [3.63, 3.8) is 0 Å². The third-order valence-corrected chi connectivity index (χ3v) is 7.83. The number of aromatic nitrogens is 3. The highest BCUT2D eigenvalue weighted by molar-refractivity contribution is 7.89. The molecule has 0 saturated heterocycles. The Morgan fingerprint density at radius 3 is 2.30 bits per heavy atom. The summed E-state index contributed by atoms with van der Waals surface area (Å²) in [5.74, 6) is 1.21. The SMILES string of the molecule is O=S(=O)(NC1CC1)c1ccc(-c2nc(NCc3ccccn3)c3c(-c4ccccc4)cccc3n2)cc1. The maximum absolute atomic E-state index is 12.6. The summed E-state index contributed by atoms with van der Waals surface area (Å²) >= 11 is 0. The first-order valence-corrected chi connectivity index (χ1v) is 13.7. The van der Waals surface area contributed by atoms with Gasteiger partial charge >= 0.3 is 0 Å². The second kappa shape index (κ2) is 9.72. The van der Waals surface area contributed by atoms with Gasteiger partial charge in [0.2, 0.25) is 10.0 Å². The minimum Gasteiger partial charge on any atom is -0.364 e. The van der Waals surface area contributed by atoms with Crippen molar-refractivity contribution < 1.29 is 8.42 Å². The molecule has 0 spiro atoms. The number of pyridine rings is 1. The summed E-state index contributed by atoms with van der Waals surface area (Å²) in [6, 6.07) is 28.8. The quantitative estimate of drug-likeness (QED) is 0.291. The molecule has 2 aromatic heterocycles. The lowest BCUT2D eigenvalue weighted by atomic mass is 10.0. The number of hydrogen-bond donors (Lipinski definition) is 2. The zero-order chi connectivity index (χ0) is 25.2. The van der Waals surface area contributed by atoms with Crippen LogP contribution >= 0.6 is 0 Å². The Morgan fingerprint density at radius 1 is 0.784 bits per heavy atom. The van der Waals surface area contributed by atoms with Crippen molar-refractivity contribution >= 4 is 26.7 Å². The molecule has 8 heteroatoms. The van der Waals surface area contributed by atoms with Gasteiger partial charge in [-0.25, -0.2) is 23.1 Å². The maximum Gasteiger partial charge on any atom is 0.240 e. The van der Waals surface area contributed by atoms with E-state index in [1.807, 2.05) is 48.5 Å². The van der Waals surface area contributed by atoms with Gasteiger partial charge in [0.05, 0.1) is 28.0 Å². The van der Waals surface area contributed by atoms with E-state index in [0.29, 0.717) is 18.2 Å². The Balaban J connectivity index is 1.42. The van der Waals surface area contributed by atoms with Crippen LogP contribution in [0.5, 0.6) is 0 Å². The standard InChI is InChI=1S/C29H25N5O2S/c35-37(36,34-22-14-15-22)24-16-12-21(13-17-24)28-32-26-11-6-10-25(20-7-2-1-3-8-20)27(26)29(33-28)31-19-23-9-4-5-18-30-23/h1-13,16-18,22,34H,14-15,19H2,(H,31,32,33). The molecule has 0 amide bonds. The molecular formula is C29H25N5O2S. The fourth-order valence-corrected chi connectivity index (χ4v) is 5.55. The van der Waals surface area contributed by atoms with Crippen molar-refractivity contribution in [1.82, 2.24) is 19.7 Å². The number of rotatable bonds is 8. The van der Waals surface area contributed by atoms with Gasteiger partial charge in [-0.3, -0.25) is 4.98 Å². The molecule has 0 bridgehead atoms. The topological polar surface area (TPSA) is 96.9 Å². The molecule has 1 aliphatic carbocycles. The highest BCUT2D eigenvalue weighted by Gasteiger charge is 2.28. The normalized spacial score (nSPS) is 13.5. The molecule has 1 aliphatic rings. The number of nitrogens with one attached hydrogen (secondary N) is 2. The highest BCUT2D eigenvalue weighted by atomic mass is 32.2. The number of anilines is 1. The minimum atomic E-state index is -3.52. The molecule has 0 atom stereocenters. The minimum absolute atomic E-state index is 0.0556. The van der Waals surface area contributed by atoms with Crippen molar-refractivity contribution in [3.8, 4) is 22.5 Å². The van der Waals surface area contributed by atoms with Crippen molar-refractivity contribution in [3.05, 3.63) is 103 Å². The van der Waals surface area contributed by atoms with Crippen molar-refractivity contribution in [2.75, 3.05) is 5.32 Å². The molecule has 0 aliphatic heterocycles. The van der Waals surface area contributed by atoms with Gasteiger partial charge in [0.25, 0.3) is 0 Å². The summed E-state index contributed by atoms with van der Waals surface area (Å²) in [4.78, 5) is 14.4. The lowest BCUT2D eigenvalue weighted by molar-refractivity contribution is 0.581. The smallest absolute Gasteiger partial charge is 0.240 e. The average molecular weight is 508 g/mol. The van der Waals surface area contributed by atoms with Gasteiger partial charge in [-0.15, -0.1) is 0 Å². The van der Waals surface area contributed by atoms with E-state index in [1.165, 1.54) is 0 Å². The molecule has 1 saturated carbocycles. The predicted octanol–water partition coefficient (Wildman–Crippen LogP) is 5.41. The molecule has 0 radical (unpaired) electrons. The van der Waals surface area contributed by atoms with Crippen molar-refractivity contribution in [2.24, 2.45) is 0 Å². The van der Waals surface area contributed by atoms with Crippen LogP contribution in [0.2, 0.25) is 0 Å². The van der Waals surface area contributed by atoms with Crippen LogP contribution in [0.15, 0.2) is 102 Å². The molecule has 7 nitrogen and oxygen atoms in total. The Kier molecular flexibility index (Phi) is 6.12. The van der Waals surface area contributed by atoms with E-state index in [2.05, 4.69) is 33.2 Å². The zero-order valence-electron chi connectivity index (χ0n) is 20.0. The first kappa shape index (κ1) is 23.3. The number of fused-ring (bicyclic) bond motifs is 1. The van der Waals surface area contributed by atoms with E-state index >= 15 is 0 Å². The molecule has 37 heavy (non-hydrogen) atoms. The molecule has 5 aromatic rings. The largest absolute Gasteiger partial charge is 0.364 e. The Hall–Kier alpha value is -4.14. The fraction of sp³-hybridized carbons (Fsp3) is 0.138. The third-order valence-electron chi connectivity index (χ3n) is 6.29.